The zero-order valence-corrected chi connectivity index (χ0v) is 16.7. The number of rotatable bonds is 6. The molecule has 0 saturated carbocycles. The number of benzene rings is 2. The van der Waals surface area contributed by atoms with E-state index < -0.39 is 6.04 Å². The SMILES string of the molecule is Cc1nnnn1C(Cc1ccc(F)cc1)C(=O)NCc1ccc2c(c1)CNC2.Cl. The number of nitrogens with zero attached hydrogens (tertiary/aromatic N) is 4. The summed E-state index contributed by atoms with van der Waals surface area (Å²) in [5, 5.41) is 17.8. The van der Waals surface area contributed by atoms with Crippen molar-refractivity contribution >= 4 is 18.3 Å². The Morgan fingerprint density at radius 2 is 1.90 bits per heavy atom. The van der Waals surface area contributed by atoms with E-state index in [1.165, 1.54) is 27.9 Å². The number of tetrazole rings is 1. The number of aryl methyl sites for hydroxylation is 1. The van der Waals surface area contributed by atoms with Crippen molar-refractivity contribution in [1.82, 2.24) is 30.8 Å². The maximum Gasteiger partial charge on any atom is 0.245 e. The van der Waals surface area contributed by atoms with Crippen molar-refractivity contribution in [2.75, 3.05) is 0 Å². The first-order chi connectivity index (χ1) is 13.6. The maximum absolute atomic E-state index is 13.2. The van der Waals surface area contributed by atoms with Crippen LogP contribution in [0.4, 0.5) is 4.39 Å². The highest BCUT2D eigenvalue weighted by Gasteiger charge is 2.24. The van der Waals surface area contributed by atoms with Crippen LogP contribution < -0.4 is 10.6 Å². The third-order valence-corrected chi connectivity index (χ3v) is 4.97. The second-order valence-electron chi connectivity index (χ2n) is 6.94. The molecule has 0 aliphatic carbocycles. The summed E-state index contributed by atoms with van der Waals surface area (Å²) in [6, 6.07) is 11.7. The summed E-state index contributed by atoms with van der Waals surface area (Å²) >= 11 is 0. The average molecular weight is 417 g/mol. The molecule has 1 atom stereocenters. The number of halogens is 2. The Labute approximate surface area is 174 Å². The molecule has 0 fully saturated rings. The fraction of sp³-hybridized carbons (Fsp3) is 0.300. The quantitative estimate of drug-likeness (QED) is 0.643. The van der Waals surface area contributed by atoms with Gasteiger partial charge in [-0.1, -0.05) is 30.3 Å². The molecule has 7 nitrogen and oxygen atoms in total. The fourth-order valence-corrected chi connectivity index (χ4v) is 3.43. The van der Waals surface area contributed by atoms with Gasteiger partial charge in [-0.05, 0) is 51.7 Å². The Balaban J connectivity index is 0.00000240. The van der Waals surface area contributed by atoms with Gasteiger partial charge >= 0.3 is 0 Å². The first-order valence-corrected chi connectivity index (χ1v) is 9.18. The summed E-state index contributed by atoms with van der Waals surface area (Å²) in [7, 11) is 0. The van der Waals surface area contributed by atoms with Crippen LogP contribution in [-0.4, -0.2) is 26.1 Å². The van der Waals surface area contributed by atoms with Crippen LogP contribution in [0.25, 0.3) is 0 Å². The van der Waals surface area contributed by atoms with E-state index in [-0.39, 0.29) is 24.1 Å². The first-order valence-electron chi connectivity index (χ1n) is 9.18. The van der Waals surface area contributed by atoms with Crippen LogP contribution in [0.3, 0.4) is 0 Å². The van der Waals surface area contributed by atoms with Crippen LogP contribution in [0.2, 0.25) is 0 Å². The standard InChI is InChI=1S/C20H21FN6O.ClH/c1-13-24-25-26-27(13)19(9-14-3-6-18(21)7-4-14)20(28)23-10-15-2-5-16-11-22-12-17(16)8-15;/h2-8,19,22H,9-12H2,1H3,(H,23,28);1H. The number of carbonyl (C=O) groups is 1. The van der Waals surface area contributed by atoms with Crippen LogP contribution >= 0.6 is 12.4 Å². The molecule has 2 N–H and O–H groups in total. The lowest BCUT2D eigenvalue weighted by Gasteiger charge is -2.18. The molecule has 2 heterocycles. The third kappa shape index (κ3) is 4.78. The average Bonchev–Trinajstić information content (AvgIpc) is 3.34. The van der Waals surface area contributed by atoms with Crippen molar-refractivity contribution in [1.29, 1.82) is 0 Å². The van der Waals surface area contributed by atoms with Crippen molar-refractivity contribution in [3.8, 4) is 0 Å². The lowest BCUT2D eigenvalue weighted by Crippen LogP contribution is -2.34. The summed E-state index contributed by atoms with van der Waals surface area (Å²) in [5.41, 5.74) is 4.45. The smallest absolute Gasteiger partial charge is 0.245 e. The number of amides is 1. The number of fused-ring (bicyclic) bond motifs is 1. The zero-order valence-electron chi connectivity index (χ0n) is 15.9. The van der Waals surface area contributed by atoms with Crippen molar-refractivity contribution in [3.63, 3.8) is 0 Å². The van der Waals surface area contributed by atoms with Gasteiger partial charge in [-0.15, -0.1) is 17.5 Å². The van der Waals surface area contributed by atoms with Crippen molar-refractivity contribution in [3.05, 3.63) is 76.4 Å². The monoisotopic (exact) mass is 416 g/mol. The van der Waals surface area contributed by atoms with E-state index in [4.69, 9.17) is 0 Å². The highest BCUT2D eigenvalue weighted by molar-refractivity contribution is 5.85. The van der Waals surface area contributed by atoms with Crippen molar-refractivity contribution < 1.29 is 9.18 Å². The van der Waals surface area contributed by atoms with Gasteiger partial charge in [0.1, 0.15) is 17.7 Å². The Morgan fingerprint density at radius 3 is 2.62 bits per heavy atom. The van der Waals surface area contributed by atoms with Gasteiger partial charge in [0.05, 0.1) is 0 Å². The fourth-order valence-electron chi connectivity index (χ4n) is 3.43. The Hall–Kier alpha value is -2.84. The zero-order chi connectivity index (χ0) is 19.5. The topological polar surface area (TPSA) is 84.7 Å². The molecule has 2 aromatic carbocycles. The highest BCUT2D eigenvalue weighted by Crippen LogP contribution is 2.18. The van der Waals surface area contributed by atoms with Gasteiger partial charge in [-0.3, -0.25) is 4.79 Å². The predicted molar refractivity (Wildman–Crippen MR) is 108 cm³/mol. The Bertz CT molecular complexity index is 991. The van der Waals surface area contributed by atoms with Gasteiger partial charge in [0.2, 0.25) is 5.91 Å². The Kier molecular flexibility index (Phi) is 6.56. The number of hydrogen-bond donors (Lipinski definition) is 2. The molecule has 29 heavy (non-hydrogen) atoms. The molecule has 1 unspecified atom stereocenters. The molecule has 1 aromatic heterocycles. The Morgan fingerprint density at radius 1 is 1.17 bits per heavy atom. The normalized spacial score (nSPS) is 13.4. The van der Waals surface area contributed by atoms with E-state index in [2.05, 4.69) is 38.3 Å². The van der Waals surface area contributed by atoms with E-state index in [0.717, 1.165) is 24.2 Å². The summed E-state index contributed by atoms with van der Waals surface area (Å²) < 4.78 is 14.7. The second kappa shape index (κ2) is 9.11. The third-order valence-electron chi connectivity index (χ3n) is 4.97. The van der Waals surface area contributed by atoms with Crippen LogP contribution in [0, 0.1) is 12.7 Å². The lowest BCUT2D eigenvalue weighted by molar-refractivity contribution is -0.124. The van der Waals surface area contributed by atoms with E-state index in [1.54, 1.807) is 19.1 Å². The van der Waals surface area contributed by atoms with Gasteiger partial charge in [-0.25, -0.2) is 9.07 Å². The first kappa shape index (κ1) is 20.9. The molecule has 0 radical (unpaired) electrons. The summed E-state index contributed by atoms with van der Waals surface area (Å²) in [6.07, 6.45) is 0.367. The van der Waals surface area contributed by atoms with Gasteiger partial charge in [-0.2, -0.15) is 0 Å². The molecule has 1 aliphatic rings. The van der Waals surface area contributed by atoms with Gasteiger partial charge < -0.3 is 10.6 Å². The molecular weight excluding hydrogens is 395 g/mol. The van der Waals surface area contributed by atoms with E-state index in [0.29, 0.717) is 18.8 Å². The summed E-state index contributed by atoms with van der Waals surface area (Å²) in [4.78, 5) is 13.0. The minimum Gasteiger partial charge on any atom is -0.350 e. The van der Waals surface area contributed by atoms with E-state index >= 15 is 0 Å². The molecule has 1 aliphatic heterocycles. The predicted octanol–water partition coefficient (Wildman–Crippen LogP) is 2.25. The molecule has 4 rings (SSSR count). The minimum absolute atomic E-state index is 0. The highest BCUT2D eigenvalue weighted by atomic mass is 35.5. The molecule has 9 heteroatoms. The van der Waals surface area contributed by atoms with Crippen LogP contribution in [0.15, 0.2) is 42.5 Å². The molecule has 1 amide bonds. The van der Waals surface area contributed by atoms with Gasteiger partial charge in [0, 0.05) is 26.1 Å². The molecular formula is C20H22ClFN6O. The van der Waals surface area contributed by atoms with Crippen molar-refractivity contribution in [2.45, 2.75) is 39.0 Å². The molecule has 152 valence electrons. The van der Waals surface area contributed by atoms with E-state index in [1.807, 2.05) is 6.07 Å². The lowest BCUT2D eigenvalue weighted by atomic mass is 10.0. The van der Waals surface area contributed by atoms with Gasteiger partial charge in [0.15, 0.2) is 0 Å². The van der Waals surface area contributed by atoms with Crippen LogP contribution in [0.5, 0.6) is 0 Å². The maximum atomic E-state index is 13.2. The molecule has 0 saturated heterocycles. The number of hydrogen-bond acceptors (Lipinski definition) is 5. The number of carbonyl (C=O) groups excluding carboxylic acids is 1. The number of nitrogens with one attached hydrogen (secondary N) is 2. The molecule has 0 bridgehead atoms. The summed E-state index contributed by atoms with van der Waals surface area (Å²) in [5.74, 6) is 0.0543. The molecule has 3 aromatic rings. The number of aromatic nitrogens is 4. The summed E-state index contributed by atoms with van der Waals surface area (Å²) in [6.45, 7) is 3.92. The molecule has 0 spiro atoms. The second-order valence-corrected chi connectivity index (χ2v) is 6.94. The minimum atomic E-state index is -0.614. The van der Waals surface area contributed by atoms with Crippen LogP contribution in [0.1, 0.15) is 34.1 Å². The van der Waals surface area contributed by atoms with E-state index in [9.17, 15) is 9.18 Å². The largest absolute Gasteiger partial charge is 0.350 e. The van der Waals surface area contributed by atoms with Gasteiger partial charge in [0.25, 0.3) is 0 Å². The van der Waals surface area contributed by atoms with Crippen molar-refractivity contribution in [2.24, 2.45) is 0 Å². The van der Waals surface area contributed by atoms with Crippen LogP contribution in [-0.2, 0) is 30.8 Å².